The van der Waals surface area contributed by atoms with E-state index in [4.69, 9.17) is 10.5 Å². The van der Waals surface area contributed by atoms with Crippen LogP contribution < -0.4 is 11.1 Å². The van der Waals surface area contributed by atoms with Crippen LogP contribution in [0.4, 0.5) is 4.79 Å². The lowest BCUT2D eigenvalue weighted by Gasteiger charge is -2.22. The number of ether oxygens (including phenoxy) is 2. The number of hydrogen-bond acceptors (Lipinski definition) is 5. The molecule has 0 aliphatic rings. The highest BCUT2D eigenvalue weighted by atomic mass is 16.6. The first-order valence-corrected chi connectivity index (χ1v) is 5.57. The van der Waals surface area contributed by atoms with Crippen LogP contribution in [-0.2, 0) is 14.3 Å². The van der Waals surface area contributed by atoms with Gasteiger partial charge in [-0.25, -0.2) is 9.59 Å². The lowest BCUT2D eigenvalue weighted by molar-refractivity contribution is -0.143. The zero-order chi connectivity index (χ0) is 13.5. The molecule has 0 aromatic rings. The fourth-order valence-electron chi connectivity index (χ4n) is 1.16. The average molecular weight is 246 g/mol. The fourth-order valence-corrected chi connectivity index (χ4v) is 1.16. The smallest absolute Gasteiger partial charge is 0.408 e. The number of nitrogens with two attached hydrogens (primary N) is 1. The summed E-state index contributed by atoms with van der Waals surface area (Å²) in [4.78, 5) is 22.9. The highest BCUT2D eigenvalue weighted by Crippen LogP contribution is 2.08. The molecule has 0 heterocycles. The maximum atomic E-state index is 11.5. The molecule has 1 atom stereocenters. The molecule has 0 bridgehead atoms. The van der Waals surface area contributed by atoms with Crippen molar-refractivity contribution < 1.29 is 19.1 Å². The van der Waals surface area contributed by atoms with Gasteiger partial charge in [0.15, 0.2) is 0 Å². The molecular weight excluding hydrogens is 224 g/mol. The van der Waals surface area contributed by atoms with Gasteiger partial charge in [0.05, 0.1) is 7.11 Å². The quantitative estimate of drug-likeness (QED) is 0.700. The number of hydrogen-bond donors (Lipinski definition) is 2. The van der Waals surface area contributed by atoms with Gasteiger partial charge in [0.1, 0.15) is 11.6 Å². The van der Waals surface area contributed by atoms with Crippen molar-refractivity contribution >= 4 is 12.1 Å². The van der Waals surface area contributed by atoms with Crippen molar-refractivity contribution in [3.05, 3.63) is 0 Å². The maximum Gasteiger partial charge on any atom is 0.408 e. The second-order valence-corrected chi connectivity index (χ2v) is 4.65. The molecule has 3 N–H and O–H groups in total. The SMILES string of the molecule is COC(=O)C(CCCN)NC(=O)OC(C)(C)C. The Kier molecular flexibility index (Phi) is 6.57. The first-order valence-electron chi connectivity index (χ1n) is 5.57. The molecule has 0 aliphatic heterocycles. The first-order chi connectivity index (χ1) is 7.80. The van der Waals surface area contributed by atoms with E-state index < -0.39 is 23.7 Å². The van der Waals surface area contributed by atoms with Gasteiger partial charge in [0.2, 0.25) is 0 Å². The van der Waals surface area contributed by atoms with Crippen molar-refractivity contribution in [2.45, 2.75) is 45.3 Å². The molecule has 0 aromatic carbocycles. The molecule has 0 aromatic heterocycles. The molecule has 0 aliphatic carbocycles. The van der Waals surface area contributed by atoms with E-state index >= 15 is 0 Å². The summed E-state index contributed by atoms with van der Waals surface area (Å²) in [6.45, 7) is 5.70. The molecule has 100 valence electrons. The van der Waals surface area contributed by atoms with Crippen LogP contribution >= 0.6 is 0 Å². The monoisotopic (exact) mass is 246 g/mol. The lowest BCUT2D eigenvalue weighted by atomic mass is 10.1. The van der Waals surface area contributed by atoms with Gasteiger partial charge >= 0.3 is 12.1 Å². The summed E-state index contributed by atoms with van der Waals surface area (Å²) in [6, 6.07) is -0.710. The molecule has 0 spiro atoms. The largest absolute Gasteiger partial charge is 0.467 e. The highest BCUT2D eigenvalue weighted by molar-refractivity contribution is 5.81. The van der Waals surface area contributed by atoms with Crippen molar-refractivity contribution in [1.82, 2.24) is 5.32 Å². The van der Waals surface area contributed by atoms with Crippen molar-refractivity contribution in [1.29, 1.82) is 0 Å². The Labute approximate surface area is 102 Å². The van der Waals surface area contributed by atoms with E-state index in [0.717, 1.165) is 0 Å². The van der Waals surface area contributed by atoms with Gasteiger partial charge in [0, 0.05) is 0 Å². The van der Waals surface area contributed by atoms with E-state index in [9.17, 15) is 9.59 Å². The predicted molar refractivity (Wildman–Crippen MR) is 63.5 cm³/mol. The predicted octanol–water partition coefficient (Wildman–Crippen LogP) is 0.792. The van der Waals surface area contributed by atoms with Crippen LogP contribution in [0, 0.1) is 0 Å². The van der Waals surface area contributed by atoms with Gasteiger partial charge in [-0.15, -0.1) is 0 Å². The summed E-state index contributed by atoms with van der Waals surface area (Å²) in [7, 11) is 1.27. The molecular formula is C11H22N2O4. The maximum absolute atomic E-state index is 11.5. The summed E-state index contributed by atoms with van der Waals surface area (Å²) in [5, 5.41) is 2.47. The second-order valence-electron chi connectivity index (χ2n) is 4.65. The number of nitrogens with one attached hydrogen (secondary N) is 1. The standard InChI is InChI=1S/C11H22N2O4/c1-11(2,3)17-10(15)13-8(6-5-7-12)9(14)16-4/h8H,5-7,12H2,1-4H3,(H,13,15). The summed E-state index contributed by atoms with van der Waals surface area (Å²) < 4.78 is 9.64. The van der Waals surface area contributed by atoms with Crippen molar-refractivity contribution in [3.63, 3.8) is 0 Å². The van der Waals surface area contributed by atoms with Crippen LogP contribution in [0.25, 0.3) is 0 Å². The number of esters is 1. The van der Waals surface area contributed by atoms with E-state index in [2.05, 4.69) is 10.1 Å². The Bertz CT molecular complexity index is 261. The van der Waals surface area contributed by atoms with E-state index in [1.54, 1.807) is 20.8 Å². The minimum absolute atomic E-state index is 0.433. The number of carbonyl (C=O) groups excluding carboxylic acids is 2. The molecule has 1 amide bonds. The summed E-state index contributed by atoms with van der Waals surface area (Å²) >= 11 is 0. The van der Waals surface area contributed by atoms with Gasteiger partial charge in [0.25, 0.3) is 0 Å². The van der Waals surface area contributed by atoms with Crippen LogP contribution in [0.2, 0.25) is 0 Å². The molecule has 6 nitrogen and oxygen atoms in total. The zero-order valence-corrected chi connectivity index (χ0v) is 10.9. The average Bonchev–Trinajstić information content (AvgIpc) is 2.20. The van der Waals surface area contributed by atoms with Crippen LogP contribution in [0.5, 0.6) is 0 Å². The molecule has 0 fully saturated rings. The van der Waals surface area contributed by atoms with Gasteiger partial charge in [-0.3, -0.25) is 0 Å². The minimum Gasteiger partial charge on any atom is -0.467 e. The number of alkyl carbamates (subject to hydrolysis) is 1. The van der Waals surface area contributed by atoms with E-state index in [-0.39, 0.29) is 0 Å². The van der Waals surface area contributed by atoms with Crippen LogP contribution in [0.1, 0.15) is 33.6 Å². The van der Waals surface area contributed by atoms with Gasteiger partial charge < -0.3 is 20.5 Å². The molecule has 0 radical (unpaired) electrons. The second kappa shape index (κ2) is 7.11. The molecule has 0 saturated heterocycles. The van der Waals surface area contributed by atoms with Gasteiger partial charge in [-0.05, 0) is 40.2 Å². The Hall–Kier alpha value is -1.30. The third-order valence-corrected chi connectivity index (χ3v) is 1.87. The number of amides is 1. The Balaban J connectivity index is 4.32. The van der Waals surface area contributed by atoms with Gasteiger partial charge in [-0.1, -0.05) is 0 Å². The minimum atomic E-state index is -0.710. The van der Waals surface area contributed by atoms with Crippen molar-refractivity contribution in [2.75, 3.05) is 13.7 Å². The Morgan fingerprint density at radius 1 is 1.35 bits per heavy atom. The molecule has 6 heteroatoms. The van der Waals surface area contributed by atoms with Crippen molar-refractivity contribution in [3.8, 4) is 0 Å². The Morgan fingerprint density at radius 3 is 2.35 bits per heavy atom. The molecule has 0 rings (SSSR count). The highest BCUT2D eigenvalue weighted by Gasteiger charge is 2.24. The topological polar surface area (TPSA) is 90.6 Å². The lowest BCUT2D eigenvalue weighted by Crippen LogP contribution is -2.44. The third-order valence-electron chi connectivity index (χ3n) is 1.87. The Morgan fingerprint density at radius 2 is 1.94 bits per heavy atom. The normalized spacial score (nSPS) is 12.8. The molecule has 1 unspecified atom stereocenters. The summed E-state index contributed by atoms with van der Waals surface area (Å²) in [5.74, 6) is -0.496. The summed E-state index contributed by atoms with van der Waals surface area (Å²) in [6.07, 6.45) is 0.419. The number of rotatable bonds is 5. The van der Waals surface area contributed by atoms with E-state index in [1.165, 1.54) is 7.11 Å². The van der Waals surface area contributed by atoms with Crippen LogP contribution in [0.3, 0.4) is 0 Å². The van der Waals surface area contributed by atoms with Crippen molar-refractivity contribution in [2.24, 2.45) is 5.73 Å². The van der Waals surface area contributed by atoms with Crippen LogP contribution in [0.15, 0.2) is 0 Å². The van der Waals surface area contributed by atoms with E-state index in [1.807, 2.05) is 0 Å². The third kappa shape index (κ3) is 7.57. The summed E-state index contributed by atoms with van der Waals surface area (Å²) in [5.41, 5.74) is 4.76. The molecule has 17 heavy (non-hydrogen) atoms. The van der Waals surface area contributed by atoms with Crippen LogP contribution in [-0.4, -0.2) is 37.4 Å². The first kappa shape index (κ1) is 15.7. The fraction of sp³-hybridized carbons (Fsp3) is 0.818. The van der Waals surface area contributed by atoms with Gasteiger partial charge in [-0.2, -0.15) is 0 Å². The molecule has 0 saturated carbocycles. The zero-order valence-electron chi connectivity index (χ0n) is 10.9. The number of methoxy groups -OCH3 is 1. The van der Waals surface area contributed by atoms with E-state index in [0.29, 0.717) is 19.4 Å². The number of carbonyl (C=O) groups is 2.